The quantitative estimate of drug-likeness (QED) is 0.707. The zero-order chi connectivity index (χ0) is 12.8. The molecule has 1 aliphatic heterocycles. The number of hydrogen-bond acceptors (Lipinski definition) is 3. The van der Waals surface area contributed by atoms with E-state index in [1.807, 2.05) is 0 Å². The molecule has 16 heavy (non-hydrogen) atoms. The van der Waals surface area contributed by atoms with Crippen molar-refractivity contribution in [3.8, 4) is 0 Å². The molecule has 0 radical (unpaired) electrons. The third-order valence-corrected chi connectivity index (χ3v) is 3.44. The molecule has 1 fully saturated rings. The summed E-state index contributed by atoms with van der Waals surface area (Å²) in [4.78, 5) is 0. The molecule has 0 N–H and O–H groups in total. The number of ether oxygens (including phenoxy) is 1. The van der Waals surface area contributed by atoms with Gasteiger partial charge >= 0.3 is 6.18 Å². The Kier molecular flexibility index (Phi) is 3.30. The highest BCUT2D eigenvalue weighted by Crippen LogP contribution is 2.32. The highest BCUT2D eigenvalue weighted by molar-refractivity contribution is 7.88. The summed E-state index contributed by atoms with van der Waals surface area (Å²) in [6.07, 6.45) is -5.73. The average Bonchev–Trinajstić information content (AvgIpc) is 1.97. The van der Waals surface area contributed by atoms with Crippen molar-refractivity contribution >= 4 is 10.0 Å². The zero-order valence-corrected chi connectivity index (χ0v) is 10.0. The Bertz CT molecular complexity index is 363. The highest BCUT2D eigenvalue weighted by atomic mass is 32.2. The lowest BCUT2D eigenvalue weighted by Gasteiger charge is -2.41. The third-order valence-electron chi connectivity index (χ3n) is 2.22. The normalized spacial score (nSPS) is 28.0. The summed E-state index contributed by atoms with van der Waals surface area (Å²) in [7, 11) is -3.64. The molecular formula is C8H14F3NO3S. The molecule has 0 bridgehead atoms. The Labute approximate surface area is 92.4 Å². The van der Waals surface area contributed by atoms with Crippen LogP contribution in [0.5, 0.6) is 0 Å². The minimum atomic E-state index is -4.55. The van der Waals surface area contributed by atoms with E-state index in [9.17, 15) is 21.6 Å². The molecule has 4 nitrogen and oxygen atoms in total. The second kappa shape index (κ2) is 3.85. The fourth-order valence-electron chi connectivity index (χ4n) is 1.56. The molecule has 1 heterocycles. The van der Waals surface area contributed by atoms with Gasteiger partial charge in [-0.15, -0.1) is 0 Å². The van der Waals surface area contributed by atoms with E-state index in [-0.39, 0.29) is 6.54 Å². The molecule has 0 amide bonds. The summed E-state index contributed by atoms with van der Waals surface area (Å²) in [5.41, 5.74) is -1.14. The van der Waals surface area contributed by atoms with Crippen molar-refractivity contribution in [2.75, 3.05) is 19.3 Å². The van der Waals surface area contributed by atoms with Crippen molar-refractivity contribution < 1.29 is 26.3 Å². The first-order valence-corrected chi connectivity index (χ1v) is 6.46. The van der Waals surface area contributed by atoms with Gasteiger partial charge in [0.25, 0.3) is 0 Å². The molecule has 0 aromatic carbocycles. The van der Waals surface area contributed by atoms with Gasteiger partial charge in [0.05, 0.1) is 11.9 Å². The monoisotopic (exact) mass is 261 g/mol. The smallest absolute Gasteiger partial charge is 0.360 e. The topological polar surface area (TPSA) is 46.6 Å². The van der Waals surface area contributed by atoms with Crippen LogP contribution in [0.25, 0.3) is 0 Å². The number of nitrogens with zero attached hydrogens (tertiary/aromatic N) is 1. The van der Waals surface area contributed by atoms with Crippen LogP contribution in [0.4, 0.5) is 13.2 Å². The van der Waals surface area contributed by atoms with Gasteiger partial charge in [-0.25, -0.2) is 8.42 Å². The molecule has 1 rings (SSSR count). The summed E-state index contributed by atoms with van der Waals surface area (Å²) in [5, 5.41) is 0. The minimum absolute atomic E-state index is 0.0710. The summed E-state index contributed by atoms with van der Waals surface area (Å²) < 4.78 is 65.6. The van der Waals surface area contributed by atoms with E-state index < -0.39 is 34.4 Å². The summed E-state index contributed by atoms with van der Waals surface area (Å²) >= 11 is 0. The van der Waals surface area contributed by atoms with Crippen LogP contribution < -0.4 is 0 Å². The molecule has 1 saturated heterocycles. The number of alkyl halides is 3. The first-order valence-electron chi connectivity index (χ1n) is 4.61. The Hall–Kier alpha value is -0.340. The first-order chi connectivity index (χ1) is 6.92. The largest absolute Gasteiger partial charge is 0.415 e. The summed E-state index contributed by atoms with van der Waals surface area (Å²) in [6, 6.07) is 0. The van der Waals surface area contributed by atoms with Crippen molar-refractivity contribution in [2.24, 2.45) is 0 Å². The zero-order valence-electron chi connectivity index (χ0n) is 9.21. The fourth-order valence-corrected chi connectivity index (χ4v) is 2.51. The Morgan fingerprint density at radius 2 is 1.88 bits per heavy atom. The van der Waals surface area contributed by atoms with Gasteiger partial charge in [0, 0.05) is 13.1 Å². The lowest BCUT2D eigenvalue weighted by molar-refractivity contribution is -0.265. The Morgan fingerprint density at radius 3 is 2.25 bits per heavy atom. The van der Waals surface area contributed by atoms with Gasteiger partial charge in [-0.05, 0) is 13.8 Å². The van der Waals surface area contributed by atoms with Crippen molar-refractivity contribution in [1.29, 1.82) is 0 Å². The lowest BCUT2D eigenvalue weighted by atomic mass is 10.1. The van der Waals surface area contributed by atoms with Gasteiger partial charge < -0.3 is 4.74 Å². The molecule has 0 aromatic heterocycles. The average molecular weight is 261 g/mol. The molecule has 0 aromatic rings. The SMILES string of the molecule is CC1(C)CN(S(C)(=O)=O)CC(C(F)(F)F)O1. The van der Waals surface area contributed by atoms with Gasteiger partial charge in [0.2, 0.25) is 10.0 Å². The number of hydrogen-bond donors (Lipinski definition) is 0. The minimum Gasteiger partial charge on any atom is -0.360 e. The van der Waals surface area contributed by atoms with E-state index in [2.05, 4.69) is 0 Å². The van der Waals surface area contributed by atoms with Gasteiger partial charge in [-0.1, -0.05) is 0 Å². The van der Waals surface area contributed by atoms with Gasteiger partial charge in [-0.3, -0.25) is 0 Å². The molecule has 1 unspecified atom stereocenters. The third kappa shape index (κ3) is 3.33. The molecular weight excluding hydrogens is 247 g/mol. The second-order valence-electron chi connectivity index (χ2n) is 4.46. The molecule has 96 valence electrons. The van der Waals surface area contributed by atoms with Crippen LogP contribution in [0.1, 0.15) is 13.8 Å². The van der Waals surface area contributed by atoms with Crippen LogP contribution in [-0.2, 0) is 14.8 Å². The lowest BCUT2D eigenvalue weighted by Crippen LogP contribution is -2.58. The van der Waals surface area contributed by atoms with Crippen LogP contribution >= 0.6 is 0 Å². The van der Waals surface area contributed by atoms with Crippen LogP contribution in [0.15, 0.2) is 0 Å². The van der Waals surface area contributed by atoms with E-state index in [0.29, 0.717) is 0 Å². The molecule has 1 atom stereocenters. The Balaban J connectivity index is 2.95. The van der Waals surface area contributed by atoms with E-state index in [0.717, 1.165) is 10.6 Å². The summed E-state index contributed by atoms with van der Waals surface area (Å²) in [5.74, 6) is 0. The molecule has 0 saturated carbocycles. The number of morpholine rings is 1. The van der Waals surface area contributed by atoms with Crippen LogP contribution in [-0.4, -0.2) is 49.9 Å². The standard InChI is InChI=1S/C8H14F3NO3S/c1-7(2)5-12(16(3,13)14)4-6(15-7)8(9,10)11/h6H,4-5H2,1-3H3. The van der Waals surface area contributed by atoms with Crippen LogP contribution in [0, 0.1) is 0 Å². The number of halogens is 3. The Morgan fingerprint density at radius 1 is 1.38 bits per heavy atom. The van der Waals surface area contributed by atoms with E-state index in [1.54, 1.807) is 0 Å². The predicted octanol–water partition coefficient (Wildman–Crippen LogP) is 0.988. The van der Waals surface area contributed by atoms with Gasteiger partial charge in [-0.2, -0.15) is 17.5 Å². The van der Waals surface area contributed by atoms with Crippen molar-refractivity contribution in [2.45, 2.75) is 31.7 Å². The number of rotatable bonds is 1. The van der Waals surface area contributed by atoms with Crippen LogP contribution in [0.2, 0.25) is 0 Å². The molecule has 8 heteroatoms. The fraction of sp³-hybridized carbons (Fsp3) is 1.00. The van der Waals surface area contributed by atoms with E-state index in [4.69, 9.17) is 4.74 Å². The maximum absolute atomic E-state index is 12.5. The van der Waals surface area contributed by atoms with Crippen molar-refractivity contribution in [3.05, 3.63) is 0 Å². The maximum atomic E-state index is 12.5. The maximum Gasteiger partial charge on any atom is 0.415 e. The predicted molar refractivity (Wildman–Crippen MR) is 51.4 cm³/mol. The van der Waals surface area contributed by atoms with Crippen LogP contribution in [0.3, 0.4) is 0 Å². The van der Waals surface area contributed by atoms with E-state index >= 15 is 0 Å². The highest BCUT2D eigenvalue weighted by Gasteiger charge is 2.49. The molecule has 0 spiro atoms. The molecule has 1 aliphatic rings. The van der Waals surface area contributed by atoms with E-state index in [1.165, 1.54) is 13.8 Å². The number of sulfonamides is 1. The van der Waals surface area contributed by atoms with Crippen molar-refractivity contribution in [1.82, 2.24) is 4.31 Å². The van der Waals surface area contributed by atoms with Crippen molar-refractivity contribution in [3.63, 3.8) is 0 Å². The van der Waals surface area contributed by atoms with Gasteiger partial charge in [0.15, 0.2) is 6.10 Å². The molecule has 0 aliphatic carbocycles. The summed E-state index contributed by atoms with van der Waals surface area (Å²) in [6.45, 7) is 2.12. The van der Waals surface area contributed by atoms with Gasteiger partial charge in [0.1, 0.15) is 0 Å². The first kappa shape index (κ1) is 13.7. The second-order valence-corrected chi connectivity index (χ2v) is 6.45.